The van der Waals surface area contributed by atoms with Crippen molar-refractivity contribution in [2.45, 2.75) is 31.8 Å². The smallest absolute Gasteiger partial charge is 0.211 e. The molecule has 0 bridgehead atoms. The maximum absolute atomic E-state index is 11.0. The maximum atomic E-state index is 11.0. The fourth-order valence-corrected chi connectivity index (χ4v) is 1.96. The monoisotopic (exact) mass is 214 g/mol. The molecule has 74 valence electrons. The Morgan fingerprint density at radius 2 is 2.00 bits per heavy atom. The van der Waals surface area contributed by atoms with Crippen molar-refractivity contribution in [1.29, 1.82) is 0 Å². The predicted molar refractivity (Wildman–Crippen MR) is 50.8 cm³/mol. The molecule has 4 nitrogen and oxygen atoms in total. The van der Waals surface area contributed by atoms with Crippen molar-refractivity contribution >= 4 is 22.4 Å². The van der Waals surface area contributed by atoms with Crippen LogP contribution in [0.25, 0.3) is 0 Å². The van der Waals surface area contributed by atoms with Crippen molar-refractivity contribution in [3.63, 3.8) is 0 Å². The summed E-state index contributed by atoms with van der Waals surface area (Å²) in [4.78, 5) is 0. The van der Waals surface area contributed by atoms with E-state index in [-0.39, 0.29) is 30.2 Å². The van der Waals surface area contributed by atoms with Gasteiger partial charge in [0.15, 0.2) is 0 Å². The Labute approximate surface area is 79.4 Å². The molecule has 0 aromatic heterocycles. The Morgan fingerprint density at radius 1 is 1.50 bits per heavy atom. The minimum atomic E-state index is -3.01. The van der Waals surface area contributed by atoms with Crippen LogP contribution in [0.1, 0.15) is 19.8 Å². The van der Waals surface area contributed by atoms with Crippen molar-refractivity contribution in [3.8, 4) is 0 Å². The summed E-state index contributed by atoms with van der Waals surface area (Å²) in [5, 5.41) is 0. The summed E-state index contributed by atoms with van der Waals surface area (Å²) in [6.07, 6.45) is 1.55. The first kappa shape index (κ1) is 12.2. The van der Waals surface area contributed by atoms with Gasteiger partial charge in [0.25, 0.3) is 0 Å². The second-order valence-electron chi connectivity index (χ2n) is 2.95. The summed E-state index contributed by atoms with van der Waals surface area (Å²) in [5.74, 6) is 0.152. The van der Waals surface area contributed by atoms with Crippen LogP contribution in [0, 0.1) is 0 Å². The molecule has 1 fully saturated rings. The Bertz CT molecular complexity index is 224. The van der Waals surface area contributed by atoms with Crippen LogP contribution >= 0.6 is 12.4 Å². The average molecular weight is 215 g/mol. The molecule has 0 aliphatic heterocycles. The molecule has 0 aromatic rings. The molecule has 0 heterocycles. The number of halogens is 1. The van der Waals surface area contributed by atoms with Crippen LogP contribution in [0.5, 0.6) is 0 Å². The van der Waals surface area contributed by atoms with E-state index in [2.05, 4.69) is 4.72 Å². The third-order valence-electron chi connectivity index (χ3n) is 1.90. The molecule has 1 saturated carbocycles. The van der Waals surface area contributed by atoms with E-state index in [9.17, 15) is 8.42 Å². The second kappa shape index (κ2) is 4.41. The number of hydrogen-bond acceptors (Lipinski definition) is 3. The van der Waals surface area contributed by atoms with Gasteiger partial charge in [0.1, 0.15) is 0 Å². The lowest BCUT2D eigenvalue weighted by Gasteiger charge is -2.32. The minimum absolute atomic E-state index is 0. The van der Waals surface area contributed by atoms with Gasteiger partial charge in [-0.25, -0.2) is 13.1 Å². The molecule has 0 saturated heterocycles. The van der Waals surface area contributed by atoms with E-state index < -0.39 is 10.0 Å². The molecule has 0 unspecified atom stereocenters. The lowest BCUT2D eigenvalue weighted by Crippen LogP contribution is -2.50. The summed E-state index contributed by atoms with van der Waals surface area (Å²) in [6.45, 7) is 1.63. The molecule has 0 amide bonds. The number of rotatable bonds is 3. The first-order chi connectivity index (χ1) is 5.03. The normalized spacial score (nSPS) is 28.8. The number of hydrogen-bond donors (Lipinski definition) is 2. The Kier molecular flexibility index (Phi) is 4.47. The van der Waals surface area contributed by atoms with Crippen LogP contribution in [-0.2, 0) is 10.0 Å². The van der Waals surface area contributed by atoms with Gasteiger partial charge >= 0.3 is 0 Å². The highest BCUT2D eigenvalue weighted by molar-refractivity contribution is 7.89. The van der Waals surface area contributed by atoms with Gasteiger partial charge in [-0.1, -0.05) is 0 Å². The van der Waals surface area contributed by atoms with Gasteiger partial charge in [0, 0.05) is 12.1 Å². The highest BCUT2D eigenvalue weighted by Crippen LogP contribution is 2.17. The SMILES string of the molecule is CCS(=O)(=O)NC1CC(N)C1.Cl. The molecule has 12 heavy (non-hydrogen) atoms. The summed E-state index contributed by atoms with van der Waals surface area (Å²) >= 11 is 0. The summed E-state index contributed by atoms with van der Waals surface area (Å²) < 4.78 is 24.5. The second-order valence-corrected chi connectivity index (χ2v) is 4.99. The Balaban J connectivity index is 0.00000121. The first-order valence-electron chi connectivity index (χ1n) is 3.79. The zero-order valence-electron chi connectivity index (χ0n) is 6.99. The Morgan fingerprint density at radius 3 is 2.33 bits per heavy atom. The lowest BCUT2D eigenvalue weighted by atomic mass is 9.89. The Hall–Kier alpha value is 0.160. The van der Waals surface area contributed by atoms with E-state index in [4.69, 9.17) is 5.73 Å². The van der Waals surface area contributed by atoms with E-state index in [1.54, 1.807) is 6.92 Å². The van der Waals surface area contributed by atoms with Gasteiger partial charge < -0.3 is 5.73 Å². The quantitative estimate of drug-likeness (QED) is 0.686. The van der Waals surface area contributed by atoms with Crippen molar-refractivity contribution in [2.24, 2.45) is 5.73 Å². The van der Waals surface area contributed by atoms with Crippen molar-refractivity contribution in [1.82, 2.24) is 4.72 Å². The lowest BCUT2D eigenvalue weighted by molar-refractivity contribution is 0.327. The molecule has 6 heteroatoms. The zero-order chi connectivity index (χ0) is 8.48. The van der Waals surface area contributed by atoms with Gasteiger partial charge in [-0.3, -0.25) is 0 Å². The van der Waals surface area contributed by atoms with Gasteiger partial charge in [-0.15, -0.1) is 12.4 Å². The van der Waals surface area contributed by atoms with Crippen LogP contribution < -0.4 is 10.5 Å². The highest BCUT2D eigenvalue weighted by Gasteiger charge is 2.28. The van der Waals surface area contributed by atoms with Crippen LogP contribution in [0.3, 0.4) is 0 Å². The molecular weight excluding hydrogens is 200 g/mol. The van der Waals surface area contributed by atoms with Crippen molar-refractivity contribution in [3.05, 3.63) is 0 Å². The largest absolute Gasteiger partial charge is 0.328 e. The number of nitrogens with one attached hydrogen (secondary N) is 1. The van der Waals surface area contributed by atoms with Gasteiger partial charge in [-0.05, 0) is 19.8 Å². The molecule has 0 aromatic carbocycles. The van der Waals surface area contributed by atoms with Crippen LogP contribution in [0.15, 0.2) is 0 Å². The average Bonchev–Trinajstić information content (AvgIpc) is 1.84. The molecule has 3 N–H and O–H groups in total. The zero-order valence-corrected chi connectivity index (χ0v) is 8.62. The summed E-state index contributed by atoms with van der Waals surface area (Å²) in [7, 11) is -3.01. The van der Waals surface area contributed by atoms with Crippen molar-refractivity contribution in [2.75, 3.05) is 5.75 Å². The third-order valence-corrected chi connectivity index (χ3v) is 3.35. The van der Waals surface area contributed by atoms with Crippen LogP contribution in [0.4, 0.5) is 0 Å². The van der Waals surface area contributed by atoms with Gasteiger partial charge in [0.05, 0.1) is 5.75 Å². The minimum Gasteiger partial charge on any atom is -0.328 e. The fourth-order valence-electron chi connectivity index (χ4n) is 1.10. The van der Waals surface area contributed by atoms with Gasteiger partial charge in [-0.2, -0.15) is 0 Å². The topological polar surface area (TPSA) is 72.2 Å². The maximum Gasteiger partial charge on any atom is 0.211 e. The fraction of sp³-hybridized carbons (Fsp3) is 1.00. The molecule has 0 atom stereocenters. The molecule has 1 aliphatic carbocycles. The molecule has 0 radical (unpaired) electrons. The van der Waals surface area contributed by atoms with E-state index in [0.29, 0.717) is 0 Å². The van der Waals surface area contributed by atoms with Crippen molar-refractivity contribution < 1.29 is 8.42 Å². The van der Waals surface area contributed by atoms with E-state index in [1.807, 2.05) is 0 Å². The summed E-state index contributed by atoms with van der Waals surface area (Å²) in [5.41, 5.74) is 5.49. The van der Waals surface area contributed by atoms with Gasteiger partial charge in [0.2, 0.25) is 10.0 Å². The highest BCUT2D eigenvalue weighted by atomic mass is 35.5. The molecule has 1 rings (SSSR count). The molecular formula is C6H15ClN2O2S. The van der Waals surface area contributed by atoms with E-state index in [0.717, 1.165) is 12.8 Å². The standard InChI is InChI=1S/C6H14N2O2S.ClH/c1-2-11(9,10)8-6-3-5(7)4-6;/h5-6,8H,2-4,7H2,1H3;1H. The summed E-state index contributed by atoms with van der Waals surface area (Å²) in [6, 6.07) is 0.287. The number of sulfonamides is 1. The number of nitrogens with two attached hydrogens (primary N) is 1. The van der Waals surface area contributed by atoms with Crippen LogP contribution in [0.2, 0.25) is 0 Å². The van der Waals surface area contributed by atoms with Crippen LogP contribution in [-0.4, -0.2) is 26.3 Å². The third kappa shape index (κ3) is 3.26. The van der Waals surface area contributed by atoms with E-state index in [1.165, 1.54) is 0 Å². The van der Waals surface area contributed by atoms with E-state index >= 15 is 0 Å². The molecule has 1 aliphatic rings. The molecule has 0 spiro atoms. The predicted octanol–water partition coefficient (Wildman–Crippen LogP) is -0.163. The first-order valence-corrected chi connectivity index (χ1v) is 5.44.